The van der Waals surface area contributed by atoms with E-state index >= 15 is 0 Å². The molecule has 1 N–H and O–H groups in total. The number of ether oxygens (including phenoxy) is 3. The number of carbonyl (C=O) groups is 4. The number of aromatic nitrogens is 2. The van der Waals surface area contributed by atoms with Crippen molar-refractivity contribution in [1.82, 2.24) is 15.1 Å². The van der Waals surface area contributed by atoms with E-state index in [0.29, 0.717) is 19.4 Å². The Hall–Kier alpha value is -2.91. The molecule has 0 aromatic carbocycles. The molecule has 2 heterocycles. The lowest BCUT2D eigenvalue weighted by Gasteiger charge is -2.27. The molecule has 0 spiro atoms. The number of amides is 1. The number of likely N-dealkylation sites (tertiary alicyclic amines) is 1. The predicted octanol–water partition coefficient (Wildman–Crippen LogP) is 1.57. The normalized spacial score (nSPS) is 16.8. The van der Waals surface area contributed by atoms with Crippen molar-refractivity contribution in [3.8, 4) is 0 Å². The molecular weight excluding hydrogens is 358 g/mol. The van der Waals surface area contributed by atoms with Crippen molar-refractivity contribution in [3.05, 3.63) is 17.0 Å². The molecule has 0 bridgehead atoms. The topological polar surface area (TPSA) is 128 Å². The number of aromatic amines is 1. The molecule has 27 heavy (non-hydrogen) atoms. The van der Waals surface area contributed by atoms with E-state index in [4.69, 9.17) is 4.74 Å². The van der Waals surface area contributed by atoms with Gasteiger partial charge >= 0.3 is 18.0 Å². The summed E-state index contributed by atoms with van der Waals surface area (Å²) >= 11 is 0. The number of methoxy groups -OCH3 is 2. The van der Waals surface area contributed by atoms with Crippen LogP contribution < -0.4 is 0 Å². The van der Waals surface area contributed by atoms with Crippen LogP contribution in [0, 0.1) is 0 Å². The molecule has 1 amide bonds. The lowest BCUT2D eigenvalue weighted by Crippen LogP contribution is -2.43. The zero-order valence-corrected chi connectivity index (χ0v) is 16.0. The van der Waals surface area contributed by atoms with E-state index in [1.54, 1.807) is 20.8 Å². The number of hydrogen-bond donors (Lipinski definition) is 1. The summed E-state index contributed by atoms with van der Waals surface area (Å²) in [5, 5.41) is 6.16. The second-order valence-electron chi connectivity index (χ2n) is 7.00. The minimum atomic E-state index is -0.908. The minimum absolute atomic E-state index is 0.275. The molecule has 0 aliphatic carbocycles. The van der Waals surface area contributed by atoms with Crippen LogP contribution in [0.3, 0.4) is 0 Å². The Morgan fingerprint density at radius 1 is 1.11 bits per heavy atom. The van der Waals surface area contributed by atoms with E-state index in [1.165, 1.54) is 4.90 Å². The van der Waals surface area contributed by atoms with Gasteiger partial charge in [-0.25, -0.2) is 14.4 Å². The fourth-order valence-electron chi connectivity index (χ4n) is 2.81. The molecule has 10 nitrogen and oxygen atoms in total. The average molecular weight is 381 g/mol. The second kappa shape index (κ2) is 7.77. The third-order valence-electron chi connectivity index (χ3n) is 3.96. The van der Waals surface area contributed by atoms with Crippen molar-refractivity contribution in [2.75, 3.05) is 20.8 Å². The summed E-state index contributed by atoms with van der Waals surface area (Å²) in [4.78, 5) is 50.7. The smallest absolute Gasteiger partial charge is 0.410 e. The number of carbonyl (C=O) groups excluding carboxylic acids is 4. The van der Waals surface area contributed by atoms with Crippen LogP contribution in [0.25, 0.3) is 0 Å². The molecule has 10 heteroatoms. The summed E-state index contributed by atoms with van der Waals surface area (Å²) in [6, 6.07) is -0.850. The summed E-state index contributed by atoms with van der Waals surface area (Å²) in [7, 11) is 2.25. The molecule has 1 atom stereocenters. The molecular formula is C17H23N3O7. The molecule has 1 aliphatic heterocycles. The Balaban J connectivity index is 2.36. The molecule has 1 aromatic heterocycles. The lowest BCUT2D eigenvalue weighted by molar-refractivity contribution is 0.0221. The number of H-pyrrole nitrogens is 1. The standard InChI is InChI=1S/C17H23N3O7/c1-17(2,3)27-16(24)20-8-6-7-9(20)13(21)11-10(14(22)25-4)12(19-18-11)15(23)26-5/h9H,6-8H2,1-5H3,(H,18,19)/t9-/m0/s1. The highest BCUT2D eigenvalue weighted by atomic mass is 16.6. The van der Waals surface area contributed by atoms with Crippen molar-refractivity contribution < 1.29 is 33.4 Å². The van der Waals surface area contributed by atoms with Gasteiger partial charge in [0.1, 0.15) is 22.9 Å². The van der Waals surface area contributed by atoms with Crippen molar-refractivity contribution in [2.24, 2.45) is 0 Å². The second-order valence-corrected chi connectivity index (χ2v) is 7.00. The summed E-state index contributed by atoms with van der Waals surface area (Å²) in [5.41, 5.74) is -1.59. The molecule has 148 valence electrons. The molecule has 1 fully saturated rings. The maximum Gasteiger partial charge on any atom is 0.410 e. The van der Waals surface area contributed by atoms with Crippen LogP contribution >= 0.6 is 0 Å². The van der Waals surface area contributed by atoms with Gasteiger partial charge in [-0.15, -0.1) is 0 Å². The number of nitrogens with zero attached hydrogens (tertiary/aromatic N) is 2. The van der Waals surface area contributed by atoms with Crippen molar-refractivity contribution >= 4 is 23.8 Å². The van der Waals surface area contributed by atoms with Crippen LogP contribution in [0.4, 0.5) is 4.79 Å². The Morgan fingerprint density at radius 2 is 1.74 bits per heavy atom. The van der Waals surface area contributed by atoms with Crippen molar-refractivity contribution in [2.45, 2.75) is 45.3 Å². The largest absolute Gasteiger partial charge is 0.465 e. The summed E-state index contributed by atoms with van der Waals surface area (Å²) in [6.07, 6.45) is 0.359. The fourth-order valence-corrected chi connectivity index (χ4v) is 2.81. The molecule has 0 unspecified atom stereocenters. The first-order valence-corrected chi connectivity index (χ1v) is 8.39. The average Bonchev–Trinajstić information content (AvgIpc) is 3.25. The third kappa shape index (κ3) is 4.26. The molecule has 1 aliphatic rings. The monoisotopic (exact) mass is 381 g/mol. The maximum absolute atomic E-state index is 13.0. The van der Waals surface area contributed by atoms with Gasteiger partial charge in [-0.2, -0.15) is 5.10 Å². The minimum Gasteiger partial charge on any atom is -0.465 e. The molecule has 2 rings (SSSR count). The van der Waals surface area contributed by atoms with Crippen LogP contribution in [0.5, 0.6) is 0 Å². The van der Waals surface area contributed by atoms with Crippen LogP contribution in [-0.4, -0.2) is 71.3 Å². The van der Waals surface area contributed by atoms with Gasteiger partial charge in [-0.3, -0.25) is 14.8 Å². The Morgan fingerprint density at radius 3 is 2.30 bits per heavy atom. The van der Waals surface area contributed by atoms with Crippen molar-refractivity contribution in [1.29, 1.82) is 0 Å². The Kier molecular flexibility index (Phi) is 5.87. The quantitative estimate of drug-likeness (QED) is 0.473. The zero-order chi connectivity index (χ0) is 20.4. The highest BCUT2D eigenvalue weighted by Crippen LogP contribution is 2.25. The highest BCUT2D eigenvalue weighted by Gasteiger charge is 2.40. The molecule has 0 saturated carbocycles. The first-order valence-electron chi connectivity index (χ1n) is 8.39. The number of hydrogen-bond acceptors (Lipinski definition) is 8. The first kappa shape index (κ1) is 20.4. The van der Waals surface area contributed by atoms with E-state index in [-0.39, 0.29) is 17.0 Å². The van der Waals surface area contributed by atoms with E-state index < -0.39 is 35.5 Å². The first-order chi connectivity index (χ1) is 12.6. The van der Waals surface area contributed by atoms with Gasteiger partial charge in [0.2, 0.25) is 5.78 Å². The van der Waals surface area contributed by atoms with E-state index in [2.05, 4.69) is 19.7 Å². The van der Waals surface area contributed by atoms with Crippen LogP contribution in [0.2, 0.25) is 0 Å². The van der Waals surface area contributed by atoms with E-state index in [9.17, 15) is 19.2 Å². The molecule has 1 aromatic rings. The number of ketones is 1. The van der Waals surface area contributed by atoms with E-state index in [0.717, 1.165) is 14.2 Å². The summed E-state index contributed by atoms with van der Waals surface area (Å²) < 4.78 is 14.6. The van der Waals surface area contributed by atoms with Crippen LogP contribution in [0.15, 0.2) is 0 Å². The van der Waals surface area contributed by atoms with Crippen LogP contribution in [-0.2, 0) is 14.2 Å². The van der Waals surface area contributed by atoms with Gasteiger partial charge in [0.15, 0.2) is 5.69 Å². The van der Waals surface area contributed by atoms with Crippen LogP contribution in [0.1, 0.15) is 64.9 Å². The van der Waals surface area contributed by atoms with Gasteiger partial charge in [0, 0.05) is 6.54 Å². The Bertz CT molecular complexity index is 763. The number of esters is 2. The SMILES string of the molecule is COC(=O)c1[nH]nc(C(=O)[C@@H]2CCCN2C(=O)OC(C)(C)C)c1C(=O)OC. The van der Waals surface area contributed by atoms with Gasteiger partial charge in [0.05, 0.1) is 14.2 Å². The van der Waals surface area contributed by atoms with Gasteiger partial charge < -0.3 is 14.2 Å². The predicted molar refractivity (Wildman–Crippen MR) is 91.6 cm³/mol. The summed E-state index contributed by atoms with van der Waals surface area (Å²) in [5.74, 6) is -2.35. The fraction of sp³-hybridized carbons (Fsp3) is 0.588. The number of Topliss-reactive ketones (excluding diaryl/α,β-unsaturated/α-hetero) is 1. The number of nitrogens with one attached hydrogen (secondary N) is 1. The highest BCUT2D eigenvalue weighted by molar-refractivity contribution is 6.12. The third-order valence-corrected chi connectivity index (χ3v) is 3.96. The Labute approximate surface area is 156 Å². The molecule has 1 saturated heterocycles. The van der Waals surface area contributed by atoms with Gasteiger partial charge in [-0.05, 0) is 33.6 Å². The maximum atomic E-state index is 13.0. The van der Waals surface area contributed by atoms with Crippen molar-refractivity contribution in [3.63, 3.8) is 0 Å². The van der Waals surface area contributed by atoms with E-state index in [1.807, 2.05) is 0 Å². The lowest BCUT2D eigenvalue weighted by atomic mass is 10.0. The number of rotatable bonds is 4. The van der Waals surface area contributed by atoms with Gasteiger partial charge in [0.25, 0.3) is 0 Å². The van der Waals surface area contributed by atoms with Gasteiger partial charge in [-0.1, -0.05) is 0 Å². The molecule has 0 radical (unpaired) electrons. The zero-order valence-electron chi connectivity index (χ0n) is 16.0. The summed E-state index contributed by atoms with van der Waals surface area (Å²) in [6.45, 7) is 5.52.